The zero-order valence-corrected chi connectivity index (χ0v) is 13.2. The molecule has 1 heterocycles. The van der Waals surface area contributed by atoms with Crippen molar-refractivity contribution < 1.29 is 8.42 Å². The van der Waals surface area contributed by atoms with Gasteiger partial charge in [-0.2, -0.15) is 5.10 Å². The quantitative estimate of drug-likeness (QED) is 0.839. The van der Waals surface area contributed by atoms with Crippen LogP contribution in [0, 0.1) is 6.92 Å². The van der Waals surface area contributed by atoms with Gasteiger partial charge in [0.05, 0.1) is 6.20 Å². The van der Waals surface area contributed by atoms with E-state index in [0.717, 1.165) is 10.0 Å². The summed E-state index contributed by atoms with van der Waals surface area (Å²) in [7, 11) is -3.64. The van der Waals surface area contributed by atoms with Gasteiger partial charge < -0.3 is 0 Å². The number of hydrogen-bond acceptors (Lipinski definition) is 3. The molecule has 0 aliphatic heterocycles. The first kappa shape index (κ1) is 13.6. The van der Waals surface area contributed by atoms with Crippen molar-refractivity contribution in [3.8, 4) is 0 Å². The molecule has 0 fully saturated rings. The Labute approximate surface area is 121 Å². The van der Waals surface area contributed by atoms with Crippen LogP contribution in [0.15, 0.2) is 38.2 Å². The number of nitrogens with zero attached hydrogens (tertiary/aromatic N) is 1. The zero-order valence-electron chi connectivity index (χ0n) is 9.24. The van der Waals surface area contributed by atoms with Gasteiger partial charge in [0.15, 0.2) is 0 Å². The molecule has 2 N–H and O–H groups in total. The Morgan fingerprint density at radius 2 is 2.06 bits per heavy atom. The number of halogens is 2. The Balaban J connectivity index is 2.40. The smallest absolute Gasteiger partial charge is 0.263 e. The van der Waals surface area contributed by atoms with E-state index in [4.69, 9.17) is 0 Å². The first-order chi connectivity index (χ1) is 8.40. The van der Waals surface area contributed by atoms with E-state index < -0.39 is 10.0 Å². The predicted molar refractivity (Wildman–Crippen MR) is 76.0 cm³/mol. The second-order valence-electron chi connectivity index (χ2n) is 3.61. The number of anilines is 1. The molecule has 0 bridgehead atoms. The highest BCUT2D eigenvalue weighted by Crippen LogP contribution is 2.27. The molecular formula is C10H9Br2N3O2S. The number of benzene rings is 1. The van der Waals surface area contributed by atoms with Gasteiger partial charge >= 0.3 is 0 Å². The lowest BCUT2D eigenvalue weighted by molar-refractivity contribution is 0.600. The van der Waals surface area contributed by atoms with Crippen LogP contribution in [0.4, 0.5) is 5.82 Å². The Morgan fingerprint density at radius 3 is 2.61 bits per heavy atom. The highest BCUT2D eigenvalue weighted by molar-refractivity contribution is 9.11. The molecule has 0 saturated heterocycles. The van der Waals surface area contributed by atoms with Gasteiger partial charge in [-0.25, -0.2) is 8.42 Å². The van der Waals surface area contributed by atoms with Gasteiger partial charge in [-0.05, 0) is 41.1 Å². The summed E-state index contributed by atoms with van der Waals surface area (Å²) in [6, 6.07) is 4.86. The van der Waals surface area contributed by atoms with Crippen LogP contribution in [0.3, 0.4) is 0 Å². The Morgan fingerprint density at radius 1 is 1.33 bits per heavy atom. The average molecular weight is 395 g/mol. The minimum absolute atomic E-state index is 0.166. The fourth-order valence-corrected chi connectivity index (χ4v) is 4.17. The van der Waals surface area contributed by atoms with Crippen molar-refractivity contribution in [1.82, 2.24) is 10.2 Å². The fourth-order valence-electron chi connectivity index (χ4n) is 1.33. The lowest BCUT2D eigenvalue weighted by Crippen LogP contribution is -2.14. The molecule has 2 rings (SSSR count). The maximum atomic E-state index is 12.2. The second-order valence-corrected chi connectivity index (χ2v) is 7.03. The topological polar surface area (TPSA) is 74.8 Å². The number of sulfonamides is 1. The van der Waals surface area contributed by atoms with Gasteiger partial charge in [0.2, 0.25) is 0 Å². The molecular weight excluding hydrogens is 386 g/mol. The largest absolute Gasteiger partial charge is 0.264 e. The third-order valence-corrected chi connectivity index (χ3v) is 5.07. The van der Waals surface area contributed by atoms with Crippen LogP contribution < -0.4 is 4.72 Å². The van der Waals surface area contributed by atoms with Gasteiger partial charge in [0.1, 0.15) is 10.7 Å². The highest BCUT2D eigenvalue weighted by Gasteiger charge is 2.19. The van der Waals surface area contributed by atoms with E-state index in [9.17, 15) is 8.42 Å². The first-order valence-electron chi connectivity index (χ1n) is 4.88. The molecule has 0 radical (unpaired) electrons. The summed E-state index contributed by atoms with van der Waals surface area (Å²) < 4.78 is 28.1. The second kappa shape index (κ2) is 5.02. The molecule has 0 spiro atoms. The maximum absolute atomic E-state index is 12.2. The molecule has 1 aromatic heterocycles. The van der Waals surface area contributed by atoms with Gasteiger partial charge in [-0.1, -0.05) is 15.9 Å². The Hall–Kier alpha value is -0.860. The SMILES string of the molecule is Cc1cn[nH]c1NS(=O)(=O)c1ccc(Br)cc1Br. The van der Waals surface area contributed by atoms with Crippen LogP contribution in [-0.2, 0) is 10.0 Å². The van der Waals surface area contributed by atoms with Crippen molar-refractivity contribution in [3.05, 3.63) is 38.9 Å². The van der Waals surface area contributed by atoms with E-state index in [1.165, 1.54) is 6.07 Å². The van der Waals surface area contributed by atoms with Crippen LogP contribution >= 0.6 is 31.9 Å². The molecule has 0 aliphatic carbocycles. The number of aryl methyl sites for hydroxylation is 1. The molecule has 18 heavy (non-hydrogen) atoms. The lowest BCUT2D eigenvalue weighted by atomic mass is 10.4. The van der Waals surface area contributed by atoms with Crippen molar-refractivity contribution in [1.29, 1.82) is 0 Å². The molecule has 96 valence electrons. The summed E-state index contributed by atoms with van der Waals surface area (Å²) in [5.41, 5.74) is 0.729. The molecule has 1 aromatic carbocycles. The van der Waals surface area contributed by atoms with Gasteiger partial charge in [0, 0.05) is 14.5 Å². The Kier molecular flexibility index (Phi) is 3.79. The molecule has 0 unspecified atom stereocenters. The number of H-pyrrole nitrogens is 1. The minimum atomic E-state index is -3.64. The summed E-state index contributed by atoms with van der Waals surface area (Å²) in [5, 5.41) is 6.36. The van der Waals surface area contributed by atoms with Crippen molar-refractivity contribution in [3.63, 3.8) is 0 Å². The van der Waals surface area contributed by atoms with Crippen LogP contribution in [0.25, 0.3) is 0 Å². The summed E-state index contributed by atoms with van der Waals surface area (Å²) in [6.45, 7) is 1.76. The van der Waals surface area contributed by atoms with Gasteiger partial charge in [-0.15, -0.1) is 0 Å². The van der Waals surface area contributed by atoms with Crippen LogP contribution in [0.2, 0.25) is 0 Å². The zero-order chi connectivity index (χ0) is 13.3. The van der Waals surface area contributed by atoms with Crippen molar-refractivity contribution in [2.24, 2.45) is 0 Å². The van der Waals surface area contributed by atoms with Gasteiger partial charge in [-0.3, -0.25) is 9.82 Å². The number of nitrogens with one attached hydrogen (secondary N) is 2. The van der Waals surface area contributed by atoms with Crippen molar-refractivity contribution >= 4 is 47.7 Å². The van der Waals surface area contributed by atoms with Crippen LogP contribution in [0.1, 0.15) is 5.56 Å². The highest BCUT2D eigenvalue weighted by atomic mass is 79.9. The summed E-state index contributed by atoms with van der Waals surface area (Å²) in [4.78, 5) is 0.166. The van der Waals surface area contributed by atoms with E-state index in [2.05, 4.69) is 46.8 Å². The maximum Gasteiger partial charge on any atom is 0.264 e. The monoisotopic (exact) mass is 393 g/mol. The minimum Gasteiger partial charge on any atom is -0.263 e. The Bertz CT molecular complexity index is 682. The lowest BCUT2D eigenvalue weighted by Gasteiger charge is -2.08. The molecule has 0 amide bonds. The average Bonchev–Trinajstić information content (AvgIpc) is 2.63. The number of rotatable bonds is 3. The van der Waals surface area contributed by atoms with E-state index in [1.54, 1.807) is 25.3 Å². The molecule has 0 atom stereocenters. The van der Waals surface area contributed by atoms with Gasteiger partial charge in [0.25, 0.3) is 10.0 Å². The number of hydrogen-bond donors (Lipinski definition) is 2. The normalized spacial score (nSPS) is 11.5. The van der Waals surface area contributed by atoms with E-state index >= 15 is 0 Å². The standard InChI is InChI=1S/C10H9Br2N3O2S/c1-6-5-13-14-10(6)15-18(16,17)9-3-2-7(11)4-8(9)12/h2-5H,1H3,(H2,13,14,15). The molecule has 0 saturated carbocycles. The van der Waals surface area contributed by atoms with E-state index in [-0.39, 0.29) is 4.90 Å². The van der Waals surface area contributed by atoms with E-state index in [1.807, 2.05) is 0 Å². The molecule has 0 aliphatic rings. The summed E-state index contributed by atoms with van der Waals surface area (Å²) >= 11 is 6.50. The molecule has 5 nitrogen and oxygen atoms in total. The third-order valence-electron chi connectivity index (χ3n) is 2.25. The third kappa shape index (κ3) is 2.76. The van der Waals surface area contributed by atoms with E-state index in [0.29, 0.717) is 10.3 Å². The van der Waals surface area contributed by atoms with Crippen LogP contribution in [-0.4, -0.2) is 18.6 Å². The summed E-state index contributed by atoms with van der Waals surface area (Å²) in [6.07, 6.45) is 1.55. The predicted octanol–water partition coefficient (Wildman–Crippen LogP) is 3.04. The first-order valence-corrected chi connectivity index (χ1v) is 7.95. The summed E-state index contributed by atoms with van der Waals surface area (Å²) in [5.74, 6) is 0.366. The van der Waals surface area contributed by atoms with Crippen molar-refractivity contribution in [2.75, 3.05) is 4.72 Å². The molecule has 2 aromatic rings. The van der Waals surface area contributed by atoms with Crippen molar-refractivity contribution in [2.45, 2.75) is 11.8 Å². The molecule has 8 heteroatoms. The fraction of sp³-hybridized carbons (Fsp3) is 0.100. The number of aromatic nitrogens is 2. The van der Waals surface area contributed by atoms with Crippen LogP contribution in [0.5, 0.6) is 0 Å². The number of aromatic amines is 1.